The van der Waals surface area contributed by atoms with Crippen LogP contribution in [-0.4, -0.2) is 5.66 Å². The van der Waals surface area contributed by atoms with Crippen molar-refractivity contribution in [1.82, 2.24) is 0 Å². The van der Waals surface area contributed by atoms with E-state index in [4.69, 9.17) is 0 Å². The molecular formula is C3H8BrP. The van der Waals surface area contributed by atoms with E-state index < -0.39 is 0 Å². The minimum Gasteiger partial charge on any atom is -0.0639 e. The average molecular weight is 155 g/mol. The van der Waals surface area contributed by atoms with Crippen LogP contribution in [0.3, 0.4) is 0 Å². The van der Waals surface area contributed by atoms with Gasteiger partial charge in [0, 0.05) is 0 Å². The molecular weight excluding hydrogens is 147 g/mol. The minimum atomic E-state index is 0.829. The van der Waals surface area contributed by atoms with Gasteiger partial charge in [-0.1, -0.05) is 29.3 Å². The van der Waals surface area contributed by atoms with E-state index in [1.165, 1.54) is 0 Å². The summed E-state index contributed by atoms with van der Waals surface area (Å²) >= 11 is 3.34. The first-order valence-corrected chi connectivity index (χ1v) is 4.97. The van der Waals surface area contributed by atoms with Gasteiger partial charge in [-0.15, -0.1) is 0 Å². The molecule has 0 aliphatic rings. The van der Waals surface area contributed by atoms with Crippen LogP contribution in [0, 0.1) is 0 Å². The summed E-state index contributed by atoms with van der Waals surface area (Å²) in [6, 6.07) is 0. The number of hydrogen-bond donors (Lipinski definition) is 0. The standard InChI is InChI=1S/C3H8BrP/c1-3(2)5-4/h3,5H,1-2H3. The molecule has 2 heteroatoms. The van der Waals surface area contributed by atoms with Crippen LogP contribution < -0.4 is 0 Å². The third kappa shape index (κ3) is 4.91. The summed E-state index contributed by atoms with van der Waals surface area (Å²) in [7, 11) is 0.927. The minimum absolute atomic E-state index is 0.829. The second-order valence-corrected chi connectivity index (χ2v) is 4.01. The van der Waals surface area contributed by atoms with E-state index in [-0.39, 0.29) is 0 Å². The van der Waals surface area contributed by atoms with E-state index in [2.05, 4.69) is 29.3 Å². The van der Waals surface area contributed by atoms with Crippen LogP contribution in [0.15, 0.2) is 0 Å². The van der Waals surface area contributed by atoms with Gasteiger partial charge in [-0.2, -0.15) is 0 Å². The Morgan fingerprint density at radius 3 is 1.80 bits per heavy atom. The maximum atomic E-state index is 3.34. The second-order valence-electron chi connectivity index (χ2n) is 1.26. The molecule has 0 rings (SSSR count). The Bertz CT molecular complexity index is 20.9. The maximum Gasteiger partial charge on any atom is -0.0195 e. The molecule has 0 saturated heterocycles. The molecule has 1 atom stereocenters. The predicted molar refractivity (Wildman–Crippen MR) is 32.4 cm³/mol. The summed E-state index contributed by atoms with van der Waals surface area (Å²) < 4.78 is 0. The fraction of sp³-hybridized carbons (Fsp3) is 1.00. The van der Waals surface area contributed by atoms with Crippen molar-refractivity contribution in [1.29, 1.82) is 0 Å². The Labute approximate surface area is 42.9 Å². The Hall–Kier alpha value is 0.910. The third-order valence-corrected chi connectivity index (χ3v) is 3.40. The number of halogens is 1. The average Bonchev–Trinajstić information content (AvgIpc) is 1.38. The molecule has 0 fully saturated rings. The van der Waals surface area contributed by atoms with E-state index in [0.717, 1.165) is 12.9 Å². The van der Waals surface area contributed by atoms with E-state index in [1.807, 2.05) is 0 Å². The van der Waals surface area contributed by atoms with Crippen LogP contribution in [0.25, 0.3) is 0 Å². The van der Waals surface area contributed by atoms with Gasteiger partial charge in [0.15, 0.2) is 0 Å². The van der Waals surface area contributed by atoms with Crippen molar-refractivity contribution in [3.05, 3.63) is 0 Å². The highest BCUT2D eigenvalue weighted by Gasteiger charge is 1.81. The SMILES string of the molecule is CC(C)PBr. The highest BCUT2D eigenvalue weighted by molar-refractivity contribution is 9.36. The first-order valence-electron chi connectivity index (χ1n) is 1.63. The monoisotopic (exact) mass is 154 g/mol. The van der Waals surface area contributed by atoms with Crippen LogP contribution in [0.5, 0.6) is 0 Å². The van der Waals surface area contributed by atoms with Gasteiger partial charge < -0.3 is 0 Å². The smallest absolute Gasteiger partial charge is 0.0195 e. The zero-order chi connectivity index (χ0) is 4.28. The van der Waals surface area contributed by atoms with Crippen LogP contribution in [0.4, 0.5) is 0 Å². The Balaban J connectivity index is 2.54. The van der Waals surface area contributed by atoms with Crippen molar-refractivity contribution < 1.29 is 0 Å². The Morgan fingerprint density at radius 1 is 1.60 bits per heavy atom. The highest BCUT2D eigenvalue weighted by Crippen LogP contribution is 2.25. The van der Waals surface area contributed by atoms with E-state index in [9.17, 15) is 0 Å². The quantitative estimate of drug-likeness (QED) is 0.510. The lowest BCUT2D eigenvalue weighted by Crippen LogP contribution is -1.73. The molecule has 0 nitrogen and oxygen atoms in total. The summed E-state index contributed by atoms with van der Waals surface area (Å²) in [5.74, 6) is 0. The normalized spacial score (nSPS) is 12.0. The summed E-state index contributed by atoms with van der Waals surface area (Å²) in [5, 5.41) is 0. The molecule has 0 heterocycles. The number of rotatable bonds is 1. The van der Waals surface area contributed by atoms with E-state index in [1.54, 1.807) is 0 Å². The molecule has 0 spiro atoms. The lowest BCUT2D eigenvalue weighted by molar-refractivity contribution is 1.12. The van der Waals surface area contributed by atoms with E-state index in [0.29, 0.717) is 0 Å². The maximum absolute atomic E-state index is 3.34. The Kier molecular flexibility index (Phi) is 3.68. The van der Waals surface area contributed by atoms with Crippen LogP contribution in [0.1, 0.15) is 13.8 Å². The highest BCUT2D eigenvalue weighted by atomic mass is 79.9. The molecule has 0 aliphatic carbocycles. The largest absolute Gasteiger partial charge is 0.0639 e. The zero-order valence-corrected chi connectivity index (χ0v) is 6.04. The van der Waals surface area contributed by atoms with Crippen molar-refractivity contribution in [2.75, 3.05) is 0 Å². The van der Waals surface area contributed by atoms with Gasteiger partial charge in [-0.05, 0) is 12.9 Å². The molecule has 0 radical (unpaired) electrons. The van der Waals surface area contributed by atoms with Crippen LogP contribution in [0.2, 0.25) is 0 Å². The first kappa shape index (κ1) is 5.91. The van der Waals surface area contributed by atoms with Crippen molar-refractivity contribution >= 4 is 22.8 Å². The van der Waals surface area contributed by atoms with Crippen molar-refractivity contribution in [2.45, 2.75) is 19.5 Å². The fourth-order valence-corrected chi connectivity index (χ4v) is 0. The van der Waals surface area contributed by atoms with Crippen molar-refractivity contribution in [2.24, 2.45) is 0 Å². The molecule has 0 amide bonds. The Morgan fingerprint density at radius 2 is 1.80 bits per heavy atom. The summed E-state index contributed by atoms with van der Waals surface area (Å²) in [6.45, 7) is 4.38. The molecule has 1 unspecified atom stereocenters. The molecule has 0 aromatic carbocycles. The first-order chi connectivity index (χ1) is 2.27. The van der Waals surface area contributed by atoms with Gasteiger partial charge in [-0.3, -0.25) is 0 Å². The lowest BCUT2D eigenvalue weighted by Gasteiger charge is -1.89. The fourth-order valence-electron chi connectivity index (χ4n) is 0. The zero-order valence-electron chi connectivity index (χ0n) is 3.46. The molecule has 32 valence electrons. The lowest BCUT2D eigenvalue weighted by atomic mass is 10.6. The second kappa shape index (κ2) is 3.11. The molecule has 0 N–H and O–H groups in total. The topological polar surface area (TPSA) is 0 Å². The van der Waals surface area contributed by atoms with Gasteiger partial charge in [-0.25, -0.2) is 0 Å². The molecule has 0 bridgehead atoms. The van der Waals surface area contributed by atoms with E-state index >= 15 is 0 Å². The third-order valence-electron chi connectivity index (χ3n) is 0.218. The van der Waals surface area contributed by atoms with Crippen LogP contribution >= 0.6 is 22.8 Å². The van der Waals surface area contributed by atoms with Gasteiger partial charge >= 0.3 is 0 Å². The summed E-state index contributed by atoms with van der Waals surface area (Å²) in [4.78, 5) is 0. The van der Waals surface area contributed by atoms with Crippen molar-refractivity contribution in [3.63, 3.8) is 0 Å². The van der Waals surface area contributed by atoms with Crippen LogP contribution in [-0.2, 0) is 0 Å². The molecule has 0 saturated carbocycles. The van der Waals surface area contributed by atoms with Gasteiger partial charge in [0.25, 0.3) is 0 Å². The predicted octanol–water partition coefficient (Wildman–Crippen LogP) is 2.38. The summed E-state index contributed by atoms with van der Waals surface area (Å²) in [6.07, 6.45) is 0. The number of hydrogen-bond acceptors (Lipinski definition) is 0. The van der Waals surface area contributed by atoms with Gasteiger partial charge in [0.05, 0.1) is 0 Å². The van der Waals surface area contributed by atoms with Gasteiger partial charge in [0.1, 0.15) is 0 Å². The molecule has 0 aromatic rings. The van der Waals surface area contributed by atoms with Crippen molar-refractivity contribution in [3.8, 4) is 0 Å². The summed E-state index contributed by atoms with van der Waals surface area (Å²) in [5.41, 5.74) is 0.829. The molecule has 5 heavy (non-hydrogen) atoms. The molecule has 0 aliphatic heterocycles. The molecule has 0 aromatic heterocycles. The van der Waals surface area contributed by atoms with Gasteiger partial charge in [0.2, 0.25) is 0 Å².